The molecule has 0 radical (unpaired) electrons. The first kappa shape index (κ1) is 17.3. The average molecular weight is 392 g/mol. The fourth-order valence-electron chi connectivity index (χ4n) is 3.80. The van der Waals surface area contributed by atoms with Crippen LogP contribution in [0.25, 0.3) is 21.2 Å². The maximum absolute atomic E-state index is 12.3. The van der Waals surface area contributed by atoms with Gasteiger partial charge in [0.15, 0.2) is 6.61 Å². The van der Waals surface area contributed by atoms with Crippen molar-refractivity contribution < 1.29 is 13.9 Å². The van der Waals surface area contributed by atoms with Crippen LogP contribution in [0, 0.1) is 6.92 Å². The number of hydrogen-bond acceptors (Lipinski definition) is 5. The van der Waals surface area contributed by atoms with Crippen molar-refractivity contribution in [3.63, 3.8) is 0 Å². The minimum atomic E-state index is -0.185. The van der Waals surface area contributed by atoms with Gasteiger partial charge in [-0.25, -0.2) is 4.98 Å². The van der Waals surface area contributed by atoms with Gasteiger partial charge in [-0.15, -0.1) is 11.3 Å². The van der Waals surface area contributed by atoms with Crippen LogP contribution in [0.1, 0.15) is 29.2 Å². The zero-order valence-electron chi connectivity index (χ0n) is 15.6. The Morgan fingerprint density at radius 2 is 2.11 bits per heavy atom. The van der Waals surface area contributed by atoms with Crippen molar-refractivity contribution in [2.45, 2.75) is 32.6 Å². The SMILES string of the molecule is Cc1nc2ccc(NC(=O)COc3ccc4oc5c(c4c3)CCCC5)cc2s1. The van der Waals surface area contributed by atoms with Gasteiger partial charge in [-0.2, -0.15) is 0 Å². The Balaban J connectivity index is 1.27. The number of fused-ring (bicyclic) bond motifs is 4. The number of nitrogens with zero attached hydrogens (tertiary/aromatic N) is 1. The molecule has 0 unspecified atom stereocenters. The molecule has 1 aliphatic rings. The van der Waals surface area contributed by atoms with Crippen molar-refractivity contribution in [1.82, 2.24) is 4.98 Å². The zero-order chi connectivity index (χ0) is 19.1. The molecule has 5 rings (SSSR count). The summed E-state index contributed by atoms with van der Waals surface area (Å²) >= 11 is 1.61. The van der Waals surface area contributed by atoms with E-state index in [0.29, 0.717) is 5.75 Å². The molecule has 0 bridgehead atoms. The Morgan fingerprint density at radius 3 is 3.04 bits per heavy atom. The van der Waals surface area contributed by atoms with Crippen molar-refractivity contribution in [1.29, 1.82) is 0 Å². The molecule has 0 spiro atoms. The molecule has 2 heterocycles. The standard InChI is InChI=1S/C22H20N2O3S/c1-13-23-18-8-6-14(10-21(18)28-13)24-22(25)12-26-15-7-9-20-17(11-15)16-4-2-3-5-19(16)27-20/h6-11H,2-5,12H2,1H3,(H,24,25). The third-order valence-corrected chi connectivity index (χ3v) is 6.01. The predicted octanol–water partition coefficient (Wildman–Crippen LogP) is 5.25. The number of hydrogen-bond donors (Lipinski definition) is 1. The molecule has 1 aliphatic carbocycles. The number of carbonyl (C=O) groups is 1. The van der Waals surface area contributed by atoms with Crippen molar-refractivity contribution >= 4 is 44.1 Å². The van der Waals surface area contributed by atoms with Crippen LogP contribution < -0.4 is 10.1 Å². The first-order valence-electron chi connectivity index (χ1n) is 9.50. The van der Waals surface area contributed by atoms with Gasteiger partial charge in [-0.05, 0) is 62.6 Å². The highest BCUT2D eigenvalue weighted by molar-refractivity contribution is 7.18. The Bertz CT molecular complexity index is 1190. The minimum absolute atomic E-state index is 0.0364. The van der Waals surface area contributed by atoms with Gasteiger partial charge in [-0.3, -0.25) is 4.79 Å². The third kappa shape index (κ3) is 3.24. The molecule has 0 aliphatic heterocycles. The van der Waals surface area contributed by atoms with Crippen LogP contribution in [0.15, 0.2) is 40.8 Å². The Hall–Kier alpha value is -2.86. The minimum Gasteiger partial charge on any atom is -0.484 e. The number of nitrogens with one attached hydrogen (secondary N) is 1. The summed E-state index contributed by atoms with van der Waals surface area (Å²) < 4.78 is 12.7. The summed E-state index contributed by atoms with van der Waals surface area (Å²) in [6.45, 7) is 1.94. The lowest BCUT2D eigenvalue weighted by Gasteiger charge is -2.09. The molecule has 2 aromatic heterocycles. The lowest BCUT2D eigenvalue weighted by Crippen LogP contribution is -2.20. The maximum Gasteiger partial charge on any atom is 0.262 e. The van der Waals surface area contributed by atoms with E-state index in [0.717, 1.165) is 50.5 Å². The maximum atomic E-state index is 12.3. The Morgan fingerprint density at radius 1 is 1.21 bits per heavy atom. The largest absolute Gasteiger partial charge is 0.484 e. The van der Waals surface area contributed by atoms with Crippen LogP contribution >= 0.6 is 11.3 Å². The molecule has 142 valence electrons. The number of ether oxygens (including phenoxy) is 1. The predicted molar refractivity (Wildman–Crippen MR) is 111 cm³/mol. The summed E-state index contributed by atoms with van der Waals surface area (Å²) in [6, 6.07) is 11.5. The Labute approximate surface area is 166 Å². The molecular weight excluding hydrogens is 372 g/mol. The fraction of sp³-hybridized carbons (Fsp3) is 0.273. The summed E-state index contributed by atoms with van der Waals surface area (Å²) in [5.74, 6) is 1.60. The molecular formula is C22H20N2O3S. The normalized spacial score (nSPS) is 13.6. The van der Waals surface area contributed by atoms with Gasteiger partial charge in [0.2, 0.25) is 0 Å². The Kier molecular flexibility index (Phi) is 4.28. The number of benzene rings is 2. The van der Waals surface area contributed by atoms with Gasteiger partial charge >= 0.3 is 0 Å². The quantitative estimate of drug-likeness (QED) is 0.515. The summed E-state index contributed by atoms with van der Waals surface area (Å²) in [5.41, 5.74) is 3.90. The molecule has 0 atom stereocenters. The van der Waals surface area contributed by atoms with Crippen LogP contribution in [-0.4, -0.2) is 17.5 Å². The molecule has 1 N–H and O–H groups in total. The van der Waals surface area contributed by atoms with Gasteiger partial charge in [0.05, 0.1) is 15.2 Å². The lowest BCUT2D eigenvalue weighted by molar-refractivity contribution is -0.118. The fourth-order valence-corrected chi connectivity index (χ4v) is 4.66. The number of amides is 1. The van der Waals surface area contributed by atoms with Gasteiger partial charge in [-0.1, -0.05) is 0 Å². The van der Waals surface area contributed by atoms with E-state index in [1.807, 2.05) is 43.3 Å². The molecule has 28 heavy (non-hydrogen) atoms. The van der Waals surface area contributed by atoms with E-state index in [9.17, 15) is 4.79 Å². The topological polar surface area (TPSA) is 64.4 Å². The summed E-state index contributed by atoms with van der Waals surface area (Å²) in [5, 5.41) is 5.01. The van der Waals surface area contributed by atoms with Crippen LogP contribution in [0.2, 0.25) is 0 Å². The van der Waals surface area contributed by atoms with Crippen molar-refractivity contribution in [2.24, 2.45) is 0 Å². The van der Waals surface area contributed by atoms with Crippen molar-refractivity contribution in [3.05, 3.63) is 52.7 Å². The number of aromatic nitrogens is 1. The highest BCUT2D eigenvalue weighted by Gasteiger charge is 2.18. The number of furan rings is 1. The number of thiazole rings is 1. The summed E-state index contributed by atoms with van der Waals surface area (Å²) in [7, 11) is 0. The van der Waals surface area contributed by atoms with Gasteiger partial charge in [0, 0.05) is 23.1 Å². The van der Waals surface area contributed by atoms with E-state index >= 15 is 0 Å². The molecule has 0 fully saturated rings. The number of rotatable bonds is 4. The van der Waals surface area contributed by atoms with Crippen molar-refractivity contribution in [2.75, 3.05) is 11.9 Å². The van der Waals surface area contributed by atoms with E-state index in [4.69, 9.17) is 9.15 Å². The smallest absolute Gasteiger partial charge is 0.262 e. The molecule has 5 nitrogen and oxygen atoms in total. The molecule has 2 aromatic carbocycles. The zero-order valence-corrected chi connectivity index (χ0v) is 16.4. The molecule has 6 heteroatoms. The summed E-state index contributed by atoms with van der Waals surface area (Å²) in [6.07, 6.45) is 4.43. The second-order valence-corrected chi connectivity index (χ2v) is 8.36. The first-order chi connectivity index (χ1) is 13.7. The van der Waals surface area contributed by atoms with Gasteiger partial charge in [0.25, 0.3) is 5.91 Å². The van der Waals surface area contributed by atoms with E-state index < -0.39 is 0 Å². The van der Waals surface area contributed by atoms with Crippen LogP contribution in [-0.2, 0) is 17.6 Å². The van der Waals surface area contributed by atoms with Crippen LogP contribution in [0.5, 0.6) is 5.75 Å². The lowest BCUT2D eigenvalue weighted by atomic mass is 9.96. The van der Waals surface area contributed by atoms with E-state index in [1.54, 1.807) is 11.3 Å². The van der Waals surface area contributed by atoms with Gasteiger partial charge < -0.3 is 14.5 Å². The number of carbonyl (C=O) groups excluding carboxylic acids is 1. The molecule has 0 saturated carbocycles. The van der Waals surface area contributed by atoms with E-state index in [1.165, 1.54) is 18.4 Å². The second kappa shape index (κ2) is 6.95. The van der Waals surface area contributed by atoms with Crippen LogP contribution in [0.3, 0.4) is 0 Å². The average Bonchev–Trinajstić information content (AvgIpc) is 3.25. The van der Waals surface area contributed by atoms with Crippen LogP contribution in [0.4, 0.5) is 5.69 Å². The third-order valence-electron chi connectivity index (χ3n) is 5.08. The monoisotopic (exact) mass is 392 g/mol. The van der Waals surface area contributed by atoms with E-state index in [-0.39, 0.29) is 12.5 Å². The van der Waals surface area contributed by atoms with E-state index in [2.05, 4.69) is 10.3 Å². The highest BCUT2D eigenvalue weighted by Crippen LogP contribution is 2.34. The summed E-state index contributed by atoms with van der Waals surface area (Å²) in [4.78, 5) is 16.7. The molecule has 1 amide bonds. The molecule has 0 saturated heterocycles. The number of aryl methyl sites for hydroxylation is 3. The van der Waals surface area contributed by atoms with Gasteiger partial charge in [0.1, 0.15) is 17.1 Å². The first-order valence-corrected chi connectivity index (χ1v) is 10.3. The second-order valence-electron chi connectivity index (χ2n) is 7.12. The highest BCUT2D eigenvalue weighted by atomic mass is 32.1. The number of anilines is 1. The van der Waals surface area contributed by atoms with Crippen molar-refractivity contribution in [3.8, 4) is 5.75 Å². The molecule has 4 aromatic rings.